The number of allylic oxidation sites excluding steroid dienone is 1. The molecular weight excluding hydrogens is 284 g/mol. The van der Waals surface area contributed by atoms with Crippen LogP contribution in [-0.2, 0) is 4.79 Å². The number of hydrogen-bond donors (Lipinski definition) is 1. The molecule has 3 fully saturated rings. The number of aliphatic hydroxyl groups excluding tert-OH is 1. The van der Waals surface area contributed by atoms with Gasteiger partial charge in [-0.25, -0.2) is 0 Å². The van der Waals surface area contributed by atoms with Crippen molar-refractivity contribution in [3.63, 3.8) is 0 Å². The minimum Gasteiger partial charge on any atom is -0.396 e. The van der Waals surface area contributed by atoms with Gasteiger partial charge in [-0.05, 0) is 91.9 Å². The van der Waals surface area contributed by atoms with Crippen LogP contribution in [-0.4, -0.2) is 17.5 Å². The van der Waals surface area contributed by atoms with Gasteiger partial charge in [0, 0.05) is 13.0 Å². The predicted molar refractivity (Wildman–Crippen MR) is 91.9 cm³/mol. The highest BCUT2D eigenvalue weighted by Gasteiger charge is 2.58. The molecule has 4 aliphatic rings. The average molecular weight is 316 g/mol. The number of carbonyl (C=O) groups is 1. The van der Waals surface area contributed by atoms with E-state index in [0.29, 0.717) is 23.2 Å². The predicted octanol–water partition coefficient (Wildman–Crippen LogP) is 4.52. The maximum absolute atomic E-state index is 11.9. The lowest BCUT2D eigenvalue weighted by molar-refractivity contribution is -0.117. The topological polar surface area (TPSA) is 37.3 Å². The molecule has 0 aliphatic heterocycles. The molecule has 23 heavy (non-hydrogen) atoms. The van der Waals surface area contributed by atoms with E-state index in [2.05, 4.69) is 13.8 Å². The Kier molecular flexibility index (Phi) is 3.75. The number of rotatable bonds is 2. The zero-order chi connectivity index (χ0) is 16.2. The van der Waals surface area contributed by atoms with Gasteiger partial charge in [-0.1, -0.05) is 19.4 Å². The summed E-state index contributed by atoms with van der Waals surface area (Å²) in [6.07, 6.45) is 12.7. The van der Waals surface area contributed by atoms with Crippen molar-refractivity contribution in [1.29, 1.82) is 0 Å². The van der Waals surface area contributed by atoms with Crippen LogP contribution in [0.15, 0.2) is 11.6 Å². The van der Waals surface area contributed by atoms with Crippen LogP contribution >= 0.6 is 0 Å². The van der Waals surface area contributed by atoms with Gasteiger partial charge in [0.15, 0.2) is 5.78 Å². The Morgan fingerprint density at radius 3 is 2.70 bits per heavy atom. The maximum atomic E-state index is 11.9. The molecule has 0 heterocycles. The third-order valence-electron chi connectivity index (χ3n) is 8.64. The first-order valence-corrected chi connectivity index (χ1v) is 9.84. The molecule has 1 N–H and O–H groups in total. The monoisotopic (exact) mass is 316 g/mol. The molecule has 0 bridgehead atoms. The smallest absolute Gasteiger partial charge is 0.155 e. The second-order valence-electron chi connectivity index (χ2n) is 9.30. The van der Waals surface area contributed by atoms with Crippen molar-refractivity contribution in [3.05, 3.63) is 11.6 Å². The lowest BCUT2D eigenvalue weighted by Gasteiger charge is -2.58. The zero-order valence-corrected chi connectivity index (χ0v) is 14.8. The molecule has 6 atom stereocenters. The first-order chi connectivity index (χ1) is 11.0. The van der Waals surface area contributed by atoms with Gasteiger partial charge in [-0.2, -0.15) is 0 Å². The Labute approximate surface area is 140 Å². The third-order valence-corrected chi connectivity index (χ3v) is 8.64. The molecular formula is C21H32O2. The van der Waals surface area contributed by atoms with Crippen LogP contribution in [0.25, 0.3) is 0 Å². The second kappa shape index (κ2) is 5.44. The summed E-state index contributed by atoms with van der Waals surface area (Å²) >= 11 is 0. The summed E-state index contributed by atoms with van der Waals surface area (Å²) in [5, 5.41) is 9.44. The second-order valence-corrected chi connectivity index (χ2v) is 9.30. The zero-order valence-electron chi connectivity index (χ0n) is 14.8. The fourth-order valence-corrected chi connectivity index (χ4v) is 7.30. The molecule has 5 unspecified atom stereocenters. The van der Waals surface area contributed by atoms with Gasteiger partial charge in [-0.3, -0.25) is 4.79 Å². The van der Waals surface area contributed by atoms with Gasteiger partial charge in [-0.15, -0.1) is 0 Å². The molecule has 0 spiro atoms. The molecule has 4 rings (SSSR count). The van der Waals surface area contributed by atoms with E-state index in [1.54, 1.807) is 0 Å². The molecule has 2 nitrogen and oxygen atoms in total. The summed E-state index contributed by atoms with van der Waals surface area (Å²) in [7, 11) is 0. The number of fused-ring (bicyclic) bond motifs is 5. The standard InChI is InChI=1S/C21H32O2/c1-20-11-8-19-17(18(20)6-4-14(20)9-12-22)5-3-15-13-16(23)7-10-21(15,19)2/h13-14,17-19,22H,3-12H2,1-2H3/t14?,17?,18?,19?,20?,21-/m0/s1. The van der Waals surface area contributed by atoms with Crippen LogP contribution in [0.2, 0.25) is 0 Å². The number of carbonyl (C=O) groups excluding carboxylic acids is 1. The van der Waals surface area contributed by atoms with E-state index in [1.165, 1.54) is 37.7 Å². The first-order valence-electron chi connectivity index (χ1n) is 9.84. The van der Waals surface area contributed by atoms with Crippen LogP contribution in [0.4, 0.5) is 0 Å². The summed E-state index contributed by atoms with van der Waals surface area (Å²) in [5.41, 5.74) is 2.24. The Morgan fingerprint density at radius 2 is 1.91 bits per heavy atom. The van der Waals surface area contributed by atoms with Crippen molar-refractivity contribution in [1.82, 2.24) is 0 Å². The van der Waals surface area contributed by atoms with E-state index < -0.39 is 0 Å². The molecule has 0 aromatic rings. The van der Waals surface area contributed by atoms with Gasteiger partial charge in [0.05, 0.1) is 0 Å². The quantitative estimate of drug-likeness (QED) is 0.813. The number of hydrogen-bond acceptors (Lipinski definition) is 2. The summed E-state index contributed by atoms with van der Waals surface area (Å²) in [6.45, 7) is 5.35. The van der Waals surface area contributed by atoms with Crippen molar-refractivity contribution in [2.45, 2.75) is 71.6 Å². The van der Waals surface area contributed by atoms with Crippen LogP contribution in [0.3, 0.4) is 0 Å². The van der Waals surface area contributed by atoms with Crippen LogP contribution in [0.1, 0.15) is 71.6 Å². The van der Waals surface area contributed by atoms with Gasteiger partial charge >= 0.3 is 0 Å². The fraction of sp³-hybridized carbons (Fsp3) is 0.857. The summed E-state index contributed by atoms with van der Waals surface area (Å²) < 4.78 is 0. The lowest BCUT2D eigenvalue weighted by atomic mass is 9.47. The van der Waals surface area contributed by atoms with Crippen LogP contribution < -0.4 is 0 Å². The first kappa shape index (κ1) is 15.9. The van der Waals surface area contributed by atoms with Crippen molar-refractivity contribution in [3.8, 4) is 0 Å². The van der Waals surface area contributed by atoms with Crippen LogP contribution in [0, 0.1) is 34.5 Å². The molecule has 4 aliphatic carbocycles. The van der Waals surface area contributed by atoms with Gasteiger partial charge in [0.1, 0.15) is 0 Å². The summed E-state index contributed by atoms with van der Waals surface area (Å²) in [5.74, 6) is 3.60. The van der Waals surface area contributed by atoms with Gasteiger partial charge < -0.3 is 5.11 Å². The molecule has 2 heteroatoms. The highest BCUT2D eigenvalue weighted by Crippen LogP contribution is 2.66. The van der Waals surface area contributed by atoms with E-state index in [-0.39, 0.29) is 0 Å². The number of ketones is 1. The highest BCUT2D eigenvalue weighted by atomic mass is 16.3. The Balaban J connectivity index is 1.63. The molecule has 0 radical (unpaired) electrons. The highest BCUT2D eigenvalue weighted by molar-refractivity contribution is 5.91. The van der Waals surface area contributed by atoms with E-state index in [9.17, 15) is 9.90 Å². The largest absolute Gasteiger partial charge is 0.396 e. The fourth-order valence-electron chi connectivity index (χ4n) is 7.30. The van der Waals surface area contributed by atoms with E-state index in [4.69, 9.17) is 0 Å². The van der Waals surface area contributed by atoms with E-state index >= 15 is 0 Å². The minimum absolute atomic E-state index is 0.299. The minimum atomic E-state index is 0.299. The Bertz CT molecular complexity index is 536. The van der Waals surface area contributed by atoms with E-state index in [0.717, 1.165) is 49.4 Å². The van der Waals surface area contributed by atoms with Crippen molar-refractivity contribution in [2.24, 2.45) is 34.5 Å². The van der Waals surface area contributed by atoms with Crippen molar-refractivity contribution >= 4 is 5.78 Å². The molecule has 0 saturated heterocycles. The molecule has 0 aromatic heterocycles. The molecule has 0 amide bonds. The van der Waals surface area contributed by atoms with Crippen molar-refractivity contribution < 1.29 is 9.90 Å². The lowest BCUT2D eigenvalue weighted by Crippen LogP contribution is -2.50. The van der Waals surface area contributed by atoms with E-state index in [1.807, 2.05) is 6.08 Å². The molecule has 0 aromatic carbocycles. The maximum Gasteiger partial charge on any atom is 0.155 e. The Morgan fingerprint density at radius 1 is 1.09 bits per heavy atom. The number of aliphatic hydroxyl groups is 1. The Hall–Kier alpha value is -0.630. The van der Waals surface area contributed by atoms with Crippen molar-refractivity contribution in [2.75, 3.05) is 6.61 Å². The third kappa shape index (κ3) is 2.20. The molecule has 128 valence electrons. The van der Waals surface area contributed by atoms with Gasteiger partial charge in [0.2, 0.25) is 0 Å². The normalized spacial score (nSPS) is 49.2. The van der Waals surface area contributed by atoms with Crippen LogP contribution in [0.5, 0.6) is 0 Å². The summed E-state index contributed by atoms with van der Waals surface area (Å²) in [6, 6.07) is 0. The summed E-state index contributed by atoms with van der Waals surface area (Å²) in [4.78, 5) is 11.9. The molecule has 3 saturated carbocycles. The SMILES string of the molecule is CC12CCC3C(CCC4=CC(=O)CC[C@@]43C)C1CCC2CCO. The van der Waals surface area contributed by atoms with Gasteiger partial charge in [0.25, 0.3) is 0 Å². The average Bonchev–Trinajstić information content (AvgIpc) is 2.85.